The van der Waals surface area contributed by atoms with Crippen LogP contribution in [0.2, 0.25) is 0 Å². The first kappa shape index (κ1) is 14.3. The van der Waals surface area contributed by atoms with Gasteiger partial charge in [0.25, 0.3) is 0 Å². The molecule has 0 amide bonds. The van der Waals surface area contributed by atoms with Crippen LogP contribution in [-0.2, 0) is 4.74 Å². The van der Waals surface area contributed by atoms with Crippen LogP contribution in [0.1, 0.15) is 47.0 Å². The van der Waals surface area contributed by atoms with Gasteiger partial charge < -0.3 is 9.84 Å². The average molecular weight is 255 g/mol. The van der Waals surface area contributed by atoms with E-state index >= 15 is 0 Å². The van der Waals surface area contributed by atoms with Crippen molar-refractivity contribution in [3.63, 3.8) is 0 Å². The van der Waals surface area contributed by atoms with Crippen molar-refractivity contribution in [3.8, 4) is 0 Å². The minimum Gasteiger partial charge on any atom is -0.381 e. The molecule has 0 saturated carbocycles. The van der Waals surface area contributed by atoms with Crippen LogP contribution in [0.15, 0.2) is 0 Å². The van der Waals surface area contributed by atoms with Crippen molar-refractivity contribution in [2.75, 3.05) is 19.8 Å². The molecule has 2 fully saturated rings. The van der Waals surface area contributed by atoms with E-state index in [2.05, 4.69) is 32.6 Å². The summed E-state index contributed by atoms with van der Waals surface area (Å²) in [7, 11) is 0. The Labute approximate surface area is 112 Å². The number of aliphatic hydroxyl groups is 1. The third-order valence-electron chi connectivity index (χ3n) is 5.35. The second kappa shape index (κ2) is 5.48. The molecule has 2 rings (SSSR count). The fraction of sp³-hybridized carbons (Fsp3) is 1.00. The maximum Gasteiger partial charge on any atom is 0.110 e. The Kier molecular flexibility index (Phi) is 4.35. The molecule has 2 saturated heterocycles. The Bertz CT molecular complexity index is 276. The van der Waals surface area contributed by atoms with Gasteiger partial charge in [-0.1, -0.05) is 20.8 Å². The maximum atomic E-state index is 10.7. The molecule has 3 unspecified atom stereocenters. The fourth-order valence-electron chi connectivity index (χ4n) is 3.64. The second-order valence-corrected chi connectivity index (χ2v) is 6.86. The molecule has 0 bridgehead atoms. The predicted octanol–water partition coefficient (Wildman–Crippen LogP) is 2.49. The molecule has 3 nitrogen and oxygen atoms in total. The lowest BCUT2D eigenvalue weighted by molar-refractivity contribution is -0.105. The summed E-state index contributed by atoms with van der Waals surface area (Å²) in [6.45, 7) is 11.8. The summed E-state index contributed by atoms with van der Waals surface area (Å²) in [5.74, 6) is 1.03. The minimum atomic E-state index is -0.298. The molecule has 0 spiro atoms. The Balaban J connectivity index is 2.01. The third-order valence-corrected chi connectivity index (χ3v) is 5.35. The molecule has 18 heavy (non-hydrogen) atoms. The molecule has 3 heteroatoms. The minimum absolute atomic E-state index is 0.225. The van der Waals surface area contributed by atoms with Crippen LogP contribution < -0.4 is 0 Å². The summed E-state index contributed by atoms with van der Waals surface area (Å²) in [5.41, 5.74) is 0.225. The van der Waals surface area contributed by atoms with Crippen molar-refractivity contribution in [3.05, 3.63) is 0 Å². The molecule has 2 aliphatic rings. The molecule has 0 radical (unpaired) electrons. The number of hydrogen-bond donors (Lipinski definition) is 1. The lowest BCUT2D eigenvalue weighted by atomic mass is 9.71. The van der Waals surface area contributed by atoms with Gasteiger partial charge >= 0.3 is 0 Å². The zero-order chi connectivity index (χ0) is 13.3. The molecule has 1 N–H and O–H groups in total. The van der Waals surface area contributed by atoms with Gasteiger partial charge in [-0.15, -0.1) is 0 Å². The van der Waals surface area contributed by atoms with Crippen LogP contribution >= 0.6 is 0 Å². The van der Waals surface area contributed by atoms with Gasteiger partial charge in [0.15, 0.2) is 0 Å². The Morgan fingerprint density at radius 1 is 1.28 bits per heavy atom. The zero-order valence-electron chi connectivity index (χ0n) is 12.4. The smallest absolute Gasteiger partial charge is 0.110 e. The van der Waals surface area contributed by atoms with E-state index in [0.717, 1.165) is 32.6 Å². The first-order chi connectivity index (χ1) is 8.44. The van der Waals surface area contributed by atoms with Crippen LogP contribution in [0.3, 0.4) is 0 Å². The van der Waals surface area contributed by atoms with E-state index in [4.69, 9.17) is 4.74 Å². The van der Waals surface area contributed by atoms with E-state index in [9.17, 15) is 5.11 Å². The number of rotatable bonds is 3. The quantitative estimate of drug-likeness (QED) is 0.841. The summed E-state index contributed by atoms with van der Waals surface area (Å²) < 4.78 is 5.46. The van der Waals surface area contributed by atoms with E-state index in [1.165, 1.54) is 6.42 Å². The SMILES string of the molecule is CC1C[C@@H](C)N(C(O)C(C)C2(C)CCOCC2)C1. The molecule has 0 aliphatic carbocycles. The number of likely N-dealkylation sites (tertiary alicyclic amines) is 1. The van der Waals surface area contributed by atoms with Crippen molar-refractivity contribution < 1.29 is 9.84 Å². The largest absolute Gasteiger partial charge is 0.381 e. The van der Waals surface area contributed by atoms with E-state index < -0.39 is 0 Å². The van der Waals surface area contributed by atoms with Gasteiger partial charge in [-0.2, -0.15) is 0 Å². The molecular weight excluding hydrogens is 226 g/mol. The summed E-state index contributed by atoms with van der Waals surface area (Å²) in [6, 6.07) is 0.515. The zero-order valence-corrected chi connectivity index (χ0v) is 12.4. The standard InChI is InChI=1S/C15H29NO2/c1-11-9-12(2)16(10-11)14(17)13(3)15(4)5-7-18-8-6-15/h11-14,17H,5-10H2,1-4H3/t11?,12-,13?,14?/m1/s1. The average Bonchev–Trinajstić information content (AvgIpc) is 2.67. The second-order valence-electron chi connectivity index (χ2n) is 6.86. The Morgan fingerprint density at radius 2 is 1.89 bits per heavy atom. The lowest BCUT2D eigenvalue weighted by Crippen LogP contribution is -2.48. The molecule has 0 aromatic carbocycles. The predicted molar refractivity (Wildman–Crippen MR) is 73.3 cm³/mol. The highest BCUT2D eigenvalue weighted by molar-refractivity contribution is 4.90. The normalized spacial score (nSPS) is 36.5. The van der Waals surface area contributed by atoms with Crippen molar-refractivity contribution in [2.45, 2.75) is 59.2 Å². The molecule has 106 valence electrons. The summed E-state index contributed by atoms with van der Waals surface area (Å²) in [5, 5.41) is 10.7. The van der Waals surface area contributed by atoms with Gasteiger partial charge in [0.2, 0.25) is 0 Å². The third kappa shape index (κ3) is 2.73. The van der Waals surface area contributed by atoms with Crippen LogP contribution in [0.4, 0.5) is 0 Å². The van der Waals surface area contributed by atoms with Gasteiger partial charge in [-0.25, -0.2) is 0 Å². The van der Waals surface area contributed by atoms with Gasteiger partial charge in [0.1, 0.15) is 6.23 Å². The molecule has 4 atom stereocenters. The van der Waals surface area contributed by atoms with E-state index in [-0.39, 0.29) is 11.6 Å². The Hall–Kier alpha value is -0.120. The van der Waals surface area contributed by atoms with Crippen LogP contribution in [0.5, 0.6) is 0 Å². The molecular formula is C15H29NO2. The van der Waals surface area contributed by atoms with Gasteiger partial charge in [-0.05, 0) is 37.5 Å². The van der Waals surface area contributed by atoms with Gasteiger partial charge in [0.05, 0.1) is 0 Å². The molecule has 0 aromatic rings. The lowest BCUT2D eigenvalue weighted by Gasteiger charge is -2.44. The van der Waals surface area contributed by atoms with Crippen molar-refractivity contribution >= 4 is 0 Å². The maximum absolute atomic E-state index is 10.7. The first-order valence-electron chi connectivity index (χ1n) is 7.45. The monoisotopic (exact) mass is 255 g/mol. The number of aliphatic hydroxyl groups excluding tert-OH is 1. The molecule has 2 aliphatic heterocycles. The van der Waals surface area contributed by atoms with Crippen LogP contribution in [0.25, 0.3) is 0 Å². The van der Waals surface area contributed by atoms with Crippen LogP contribution in [0, 0.1) is 17.3 Å². The number of ether oxygens (including phenoxy) is 1. The van der Waals surface area contributed by atoms with Crippen molar-refractivity contribution in [2.24, 2.45) is 17.3 Å². The highest BCUT2D eigenvalue weighted by atomic mass is 16.5. The highest BCUT2D eigenvalue weighted by Crippen LogP contribution is 2.41. The highest BCUT2D eigenvalue weighted by Gasteiger charge is 2.41. The van der Waals surface area contributed by atoms with Crippen molar-refractivity contribution in [1.29, 1.82) is 0 Å². The van der Waals surface area contributed by atoms with E-state index in [1.54, 1.807) is 0 Å². The molecule has 0 aromatic heterocycles. The summed E-state index contributed by atoms with van der Waals surface area (Å²) in [6.07, 6.45) is 3.06. The Morgan fingerprint density at radius 3 is 2.39 bits per heavy atom. The summed E-state index contributed by atoms with van der Waals surface area (Å²) in [4.78, 5) is 2.30. The summed E-state index contributed by atoms with van der Waals surface area (Å²) >= 11 is 0. The number of hydrogen-bond acceptors (Lipinski definition) is 3. The van der Waals surface area contributed by atoms with Gasteiger partial charge in [-0.3, -0.25) is 4.90 Å². The first-order valence-corrected chi connectivity index (χ1v) is 7.45. The van der Waals surface area contributed by atoms with Crippen molar-refractivity contribution in [1.82, 2.24) is 4.90 Å². The molecule has 2 heterocycles. The van der Waals surface area contributed by atoms with E-state index in [1.807, 2.05) is 0 Å². The van der Waals surface area contributed by atoms with Gasteiger partial charge in [0, 0.05) is 31.7 Å². The number of nitrogens with zero attached hydrogens (tertiary/aromatic N) is 1. The van der Waals surface area contributed by atoms with Crippen LogP contribution in [-0.4, -0.2) is 42.0 Å². The van der Waals surface area contributed by atoms with E-state index in [0.29, 0.717) is 17.9 Å². The topological polar surface area (TPSA) is 32.7 Å². The fourth-order valence-corrected chi connectivity index (χ4v) is 3.64.